The number of hydrogen-bond donors (Lipinski definition) is 3. The van der Waals surface area contributed by atoms with Gasteiger partial charge in [0.15, 0.2) is 5.65 Å². The molecule has 1 aliphatic carbocycles. The normalized spacial score (nSPS) is 17.7. The first-order valence-corrected chi connectivity index (χ1v) is 11.8. The molecule has 0 amide bonds. The second kappa shape index (κ2) is 8.94. The standard InChI is InChI=1S/C24H24N10O2/c25-12-15-1-3-16(4-2-15)14-32-7-9-33(10-8-32)22-29-20-17(11-19-21(35)30-24(36)28-19)13-26-34(20)23(31-22)27-18-5-6-18/h1-4,11,13,18,35H,5-10,14H2,(H2,28,30,36)/b17-11+,27-23?. The van der Waals surface area contributed by atoms with E-state index in [9.17, 15) is 9.90 Å². The highest BCUT2D eigenvalue weighted by molar-refractivity contribution is 5.57. The summed E-state index contributed by atoms with van der Waals surface area (Å²) in [5.41, 5.74) is 2.67. The van der Waals surface area contributed by atoms with Crippen LogP contribution in [0.3, 0.4) is 0 Å². The van der Waals surface area contributed by atoms with Crippen molar-refractivity contribution in [2.75, 3.05) is 31.1 Å². The Morgan fingerprint density at radius 3 is 2.58 bits per heavy atom. The van der Waals surface area contributed by atoms with Gasteiger partial charge in [-0.3, -0.25) is 9.88 Å². The Balaban J connectivity index is 1.29. The fourth-order valence-electron chi connectivity index (χ4n) is 4.26. The molecule has 4 aromatic rings. The summed E-state index contributed by atoms with van der Waals surface area (Å²) in [4.78, 5) is 35.2. The summed E-state index contributed by atoms with van der Waals surface area (Å²) >= 11 is 0. The minimum atomic E-state index is -0.492. The van der Waals surface area contributed by atoms with Crippen LogP contribution in [-0.4, -0.2) is 71.8 Å². The van der Waals surface area contributed by atoms with E-state index in [0.29, 0.717) is 28.0 Å². The predicted octanol–water partition coefficient (Wildman–Crippen LogP) is -0.349. The third kappa shape index (κ3) is 4.44. The first-order chi connectivity index (χ1) is 17.6. The number of imidazole rings is 1. The molecule has 3 aromatic heterocycles. The molecule has 0 spiro atoms. The number of aromatic nitrogens is 6. The van der Waals surface area contributed by atoms with Crippen LogP contribution in [-0.2, 0) is 6.54 Å². The molecule has 0 unspecified atom stereocenters. The minimum absolute atomic E-state index is 0.241. The molecule has 12 heteroatoms. The van der Waals surface area contributed by atoms with E-state index in [1.54, 1.807) is 16.8 Å². The molecule has 36 heavy (non-hydrogen) atoms. The monoisotopic (exact) mass is 484 g/mol. The lowest BCUT2D eigenvalue weighted by molar-refractivity contribution is 0.248. The average molecular weight is 485 g/mol. The second-order valence-corrected chi connectivity index (χ2v) is 9.08. The third-order valence-corrected chi connectivity index (χ3v) is 6.39. The van der Waals surface area contributed by atoms with Crippen molar-refractivity contribution in [3.63, 3.8) is 0 Å². The van der Waals surface area contributed by atoms with Crippen LogP contribution >= 0.6 is 0 Å². The molecule has 1 aliphatic heterocycles. The Morgan fingerprint density at radius 2 is 1.92 bits per heavy atom. The molecule has 0 atom stereocenters. The SMILES string of the molecule is N#Cc1ccc(CN2CCN(c3nc(=NC4CC4)n4nc/c(=C\c5[nH]c(=O)[nH]c5O)c4n3)CC2)cc1. The number of H-pyrrole nitrogens is 2. The van der Waals surface area contributed by atoms with Crippen molar-refractivity contribution in [3.05, 3.63) is 68.6 Å². The van der Waals surface area contributed by atoms with Gasteiger partial charge < -0.3 is 15.0 Å². The molecule has 2 fully saturated rings. The average Bonchev–Trinajstić information content (AvgIpc) is 3.52. The highest BCUT2D eigenvalue weighted by Crippen LogP contribution is 2.22. The van der Waals surface area contributed by atoms with E-state index in [4.69, 9.17) is 20.2 Å². The number of aromatic amines is 2. The van der Waals surface area contributed by atoms with Gasteiger partial charge in [-0.15, -0.1) is 0 Å². The van der Waals surface area contributed by atoms with E-state index in [0.717, 1.165) is 45.6 Å². The van der Waals surface area contributed by atoms with Crippen LogP contribution in [0.25, 0.3) is 11.7 Å². The first-order valence-electron chi connectivity index (χ1n) is 11.8. The molecule has 6 rings (SSSR count). The Kier molecular flexibility index (Phi) is 5.46. The maximum Gasteiger partial charge on any atom is 0.326 e. The van der Waals surface area contributed by atoms with E-state index in [1.807, 2.05) is 24.3 Å². The summed E-state index contributed by atoms with van der Waals surface area (Å²) in [6, 6.07) is 10.1. The molecule has 1 saturated heterocycles. The number of anilines is 1. The first kappa shape index (κ1) is 22.0. The zero-order valence-electron chi connectivity index (χ0n) is 19.4. The minimum Gasteiger partial charge on any atom is -0.493 e. The van der Waals surface area contributed by atoms with Crippen molar-refractivity contribution < 1.29 is 5.11 Å². The van der Waals surface area contributed by atoms with Gasteiger partial charge in [-0.05, 0) is 36.6 Å². The van der Waals surface area contributed by atoms with Crippen LogP contribution in [0.15, 0.2) is 40.2 Å². The van der Waals surface area contributed by atoms with Crippen LogP contribution in [0.1, 0.15) is 29.7 Å². The van der Waals surface area contributed by atoms with Crippen LogP contribution in [0, 0.1) is 11.3 Å². The maximum atomic E-state index is 11.5. The summed E-state index contributed by atoms with van der Waals surface area (Å²) in [5, 5.41) is 24.0. The summed E-state index contributed by atoms with van der Waals surface area (Å²) in [6.07, 6.45) is 5.32. The zero-order valence-corrected chi connectivity index (χ0v) is 19.4. The van der Waals surface area contributed by atoms with E-state index in [2.05, 4.69) is 30.9 Å². The largest absolute Gasteiger partial charge is 0.493 e. The van der Waals surface area contributed by atoms with Gasteiger partial charge in [-0.1, -0.05) is 12.1 Å². The summed E-state index contributed by atoms with van der Waals surface area (Å²) in [5.74, 6) is 0.344. The molecule has 3 N–H and O–H groups in total. The number of nitrogens with one attached hydrogen (secondary N) is 2. The number of benzene rings is 1. The van der Waals surface area contributed by atoms with Gasteiger partial charge in [0.25, 0.3) is 5.62 Å². The van der Waals surface area contributed by atoms with E-state index in [-0.39, 0.29) is 17.6 Å². The number of nitriles is 1. The van der Waals surface area contributed by atoms with Crippen molar-refractivity contribution in [2.45, 2.75) is 25.4 Å². The lowest BCUT2D eigenvalue weighted by Gasteiger charge is -2.34. The number of aromatic hydroxyl groups is 1. The van der Waals surface area contributed by atoms with Crippen molar-refractivity contribution in [1.29, 1.82) is 5.26 Å². The molecule has 0 bridgehead atoms. The Labute approximate surface area is 204 Å². The predicted molar refractivity (Wildman–Crippen MR) is 130 cm³/mol. The van der Waals surface area contributed by atoms with Crippen molar-refractivity contribution >= 4 is 17.7 Å². The van der Waals surface area contributed by atoms with Gasteiger partial charge in [0.2, 0.25) is 11.8 Å². The maximum absolute atomic E-state index is 11.5. The highest BCUT2D eigenvalue weighted by Gasteiger charge is 2.23. The molecule has 1 aromatic carbocycles. The number of piperazine rings is 1. The van der Waals surface area contributed by atoms with Gasteiger partial charge in [0, 0.05) is 37.9 Å². The molecular weight excluding hydrogens is 460 g/mol. The second-order valence-electron chi connectivity index (χ2n) is 9.08. The van der Waals surface area contributed by atoms with E-state index < -0.39 is 5.69 Å². The molecule has 0 radical (unpaired) electrons. The number of nitrogens with zero attached hydrogens (tertiary/aromatic N) is 8. The van der Waals surface area contributed by atoms with Crippen molar-refractivity contribution in [2.24, 2.45) is 4.99 Å². The smallest absolute Gasteiger partial charge is 0.326 e. The number of hydrogen-bond acceptors (Lipinski definition) is 9. The molecule has 12 nitrogen and oxygen atoms in total. The van der Waals surface area contributed by atoms with Gasteiger partial charge in [0.1, 0.15) is 5.69 Å². The highest BCUT2D eigenvalue weighted by atomic mass is 16.3. The van der Waals surface area contributed by atoms with Gasteiger partial charge in [-0.25, -0.2) is 9.79 Å². The van der Waals surface area contributed by atoms with Crippen molar-refractivity contribution in [1.82, 2.24) is 34.4 Å². The number of rotatable bonds is 5. The fraction of sp³-hybridized carbons (Fsp3) is 0.333. The Bertz CT molecular complexity index is 1630. The molecule has 4 heterocycles. The lowest BCUT2D eigenvalue weighted by atomic mass is 10.1. The topological polar surface area (TPSA) is 155 Å². The van der Waals surface area contributed by atoms with Crippen LogP contribution in [0.4, 0.5) is 5.95 Å². The van der Waals surface area contributed by atoms with E-state index >= 15 is 0 Å². The van der Waals surface area contributed by atoms with Crippen LogP contribution in [0.5, 0.6) is 5.88 Å². The van der Waals surface area contributed by atoms with E-state index in [1.165, 1.54) is 5.56 Å². The molecule has 1 saturated carbocycles. The van der Waals surface area contributed by atoms with Gasteiger partial charge in [-0.2, -0.15) is 24.8 Å². The Hall–Kier alpha value is -4.50. The number of fused-ring (bicyclic) bond motifs is 1. The molecule has 2 aliphatic rings. The summed E-state index contributed by atoms with van der Waals surface area (Å²) in [6.45, 7) is 4.03. The molecular formula is C24H24N10O2. The fourth-order valence-corrected chi connectivity index (χ4v) is 4.26. The van der Waals surface area contributed by atoms with Gasteiger partial charge in [0.05, 0.1) is 23.9 Å². The quantitative estimate of drug-likeness (QED) is 0.347. The zero-order chi connectivity index (χ0) is 24.6. The van der Waals surface area contributed by atoms with Gasteiger partial charge >= 0.3 is 5.69 Å². The van der Waals surface area contributed by atoms with Crippen LogP contribution < -0.4 is 21.4 Å². The van der Waals surface area contributed by atoms with Crippen molar-refractivity contribution in [3.8, 4) is 11.9 Å². The lowest BCUT2D eigenvalue weighted by Crippen LogP contribution is -2.47. The molecule has 182 valence electrons. The summed E-state index contributed by atoms with van der Waals surface area (Å²) in [7, 11) is 0. The summed E-state index contributed by atoms with van der Waals surface area (Å²) < 4.78 is 1.61. The Morgan fingerprint density at radius 1 is 1.14 bits per heavy atom. The van der Waals surface area contributed by atoms with Crippen LogP contribution in [0.2, 0.25) is 0 Å². The third-order valence-electron chi connectivity index (χ3n) is 6.39.